The van der Waals surface area contributed by atoms with Gasteiger partial charge in [0, 0.05) is 30.8 Å². The van der Waals surface area contributed by atoms with Gasteiger partial charge in [-0.15, -0.1) is 0 Å². The molecule has 2 aliphatic carbocycles. The average Bonchev–Trinajstić information content (AvgIpc) is 3.01. The quantitative estimate of drug-likeness (QED) is 0.284. The second kappa shape index (κ2) is 12.2. The Morgan fingerprint density at radius 3 is 2.64 bits per heavy atom. The van der Waals surface area contributed by atoms with Gasteiger partial charge in [-0.25, -0.2) is 13.7 Å². The van der Waals surface area contributed by atoms with Crippen LogP contribution in [-0.4, -0.2) is 51.5 Å². The molecule has 2 aromatic carbocycles. The number of fused-ring (bicyclic) bond motifs is 1. The zero-order valence-electron chi connectivity index (χ0n) is 24.4. The van der Waals surface area contributed by atoms with Gasteiger partial charge < -0.3 is 14.4 Å². The van der Waals surface area contributed by atoms with Crippen LogP contribution in [-0.2, 0) is 0 Å². The lowest BCUT2D eigenvalue weighted by molar-refractivity contribution is -0.0240. The number of benzene rings is 2. The van der Waals surface area contributed by atoms with E-state index in [1.807, 2.05) is 18.3 Å². The zero-order chi connectivity index (χ0) is 29.3. The third kappa shape index (κ3) is 5.75. The summed E-state index contributed by atoms with van der Waals surface area (Å²) in [5.41, 5.74) is 1.30. The minimum Gasteiger partial charge on any atom is -0.453 e. The lowest BCUT2D eigenvalue weighted by atomic mass is 9.60. The number of nitriles is 1. The molecule has 0 bridgehead atoms. The third-order valence-electron chi connectivity index (χ3n) is 9.63. The Balaban J connectivity index is 1.17. The molecule has 10 heteroatoms. The largest absolute Gasteiger partial charge is 0.453 e. The summed E-state index contributed by atoms with van der Waals surface area (Å²) in [6, 6.07) is 10.7. The Labute approximate surface area is 251 Å². The van der Waals surface area contributed by atoms with Crippen LogP contribution < -0.4 is 15.0 Å². The van der Waals surface area contributed by atoms with E-state index in [-0.39, 0.29) is 28.7 Å². The van der Waals surface area contributed by atoms with Crippen LogP contribution in [0.1, 0.15) is 76.3 Å². The monoisotopic (exact) mass is 590 g/mol. The molecule has 2 saturated carbocycles. The van der Waals surface area contributed by atoms with Gasteiger partial charge in [0.25, 0.3) is 5.56 Å². The maximum absolute atomic E-state index is 14.9. The fraction of sp³-hybridized carbons (Fsp3) is 0.531. The van der Waals surface area contributed by atoms with Gasteiger partial charge in [0.2, 0.25) is 0 Å². The minimum absolute atomic E-state index is 0.0602. The molecule has 222 valence electrons. The first kappa shape index (κ1) is 29.0. The number of aromatic nitrogens is 2. The predicted molar refractivity (Wildman–Crippen MR) is 165 cm³/mol. The van der Waals surface area contributed by atoms with Gasteiger partial charge in [0.15, 0.2) is 11.6 Å². The van der Waals surface area contributed by atoms with E-state index in [4.69, 9.17) is 4.74 Å². The summed E-state index contributed by atoms with van der Waals surface area (Å²) in [6.07, 6.45) is 12.9. The summed E-state index contributed by atoms with van der Waals surface area (Å²) in [7, 11) is 1.91. The molecule has 0 amide bonds. The molecule has 1 N–H and O–H groups in total. The second-order valence-corrected chi connectivity index (χ2v) is 13.2. The Bertz CT molecular complexity index is 1530. The maximum atomic E-state index is 14.9. The Hall–Kier alpha value is -3.13. The number of nitrogens with one attached hydrogen (secondary N) is 1. The van der Waals surface area contributed by atoms with Crippen LogP contribution in [0.5, 0.6) is 11.5 Å². The fourth-order valence-electron chi connectivity index (χ4n) is 6.96. The van der Waals surface area contributed by atoms with Crippen molar-refractivity contribution in [2.75, 3.05) is 31.4 Å². The molecule has 8 nitrogen and oxygen atoms in total. The molecule has 6 rings (SSSR count). The van der Waals surface area contributed by atoms with E-state index in [0.717, 1.165) is 25.4 Å². The van der Waals surface area contributed by atoms with Gasteiger partial charge in [-0.05, 0) is 94.4 Å². The van der Waals surface area contributed by atoms with E-state index in [1.54, 1.807) is 29.1 Å². The van der Waals surface area contributed by atoms with Crippen LogP contribution in [0.4, 0.5) is 10.1 Å². The second-order valence-electron chi connectivity index (χ2n) is 12.2. The summed E-state index contributed by atoms with van der Waals surface area (Å²) >= 11 is 1.31. The number of anilines is 1. The van der Waals surface area contributed by atoms with Crippen LogP contribution in [0.25, 0.3) is 10.9 Å². The number of nitrogens with zero attached hydrogens (tertiary/aromatic N) is 5. The van der Waals surface area contributed by atoms with Crippen molar-refractivity contribution < 1.29 is 9.13 Å². The van der Waals surface area contributed by atoms with Crippen molar-refractivity contribution in [1.29, 1.82) is 5.26 Å². The van der Waals surface area contributed by atoms with Crippen LogP contribution in [0.2, 0.25) is 0 Å². The number of halogens is 1. The van der Waals surface area contributed by atoms with Gasteiger partial charge in [0.1, 0.15) is 17.4 Å². The van der Waals surface area contributed by atoms with Crippen molar-refractivity contribution in [3.05, 3.63) is 58.4 Å². The first-order valence-corrected chi connectivity index (χ1v) is 16.0. The average molecular weight is 591 g/mol. The molecule has 1 spiro atoms. The van der Waals surface area contributed by atoms with Crippen molar-refractivity contribution in [1.82, 2.24) is 18.8 Å². The van der Waals surface area contributed by atoms with E-state index in [1.165, 1.54) is 82.3 Å². The summed E-state index contributed by atoms with van der Waals surface area (Å²) in [6.45, 7) is 5.14. The highest BCUT2D eigenvalue weighted by Gasteiger charge is 2.47. The molecule has 3 aromatic rings. The van der Waals surface area contributed by atoms with E-state index in [9.17, 15) is 14.4 Å². The van der Waals surface area contributed by atoms with Crippen molar-refractivity contribution in [2.45, 2.75) is 76.8 Å². The lowest BCUT2D eigenvalue weighted by Crippen LogP contribution is -2.51. The zero-order valence-corrected chi connectivity index (χ0v) is 25.3. The van der Waals surface area contributed by atoms with Crippen LogP contribution >= 0.6 is 12.1 Å². The summed E-state index contributed by atoms with van der Waals surface area (Å²) < 4.78 is 27.6. The van der Waals surface area contributed by atoms with E-state index < -0.39 is 5.82 Å². The molecular weight excluding hydrogens is 551 g/mol. The van der Waals surface area contributed by atoms with Crippen LogP contribution in [0.15, 0.2) is 41.5 Å². The highest BCUT2D eigenvalue weighted by atomic mass is 32.2. The minimum atomic E-state index is -0.649. The molecule has 1 aliphatic heterocycles. The van der Waals surface area contributed by atoms with Crippen molar-refractivity contribution in [3.8, 4) is 17.6 Å². The molecule has 1 aromatic heterocycles. The number of ether oxygens (including phenoxy) is 1. The highest BCUT2D eigenvalue weighted by molar-refractivity contribution is 7.98. The lowest BCUT2D eigenvalue weighted by Gasteiger charge is -2.53. The molecule has 0 atom stereocenters. The fourth-order valence-corrected chi connectivity index (χ4v) is 7.51. The SMILES string of the molecule is CCN(C)SNc1ccc(F)c(Oc2ccc3ncn(C4CC5(CCN(C6CCCCC6)CC5)C4)c(=O)c3c2)c1C#N. The number of likely N-dealkylation sites (tertiary alicyclic amines) is 1. The first-order valence-electron chi connectivity index (χ1n) is 15.2. The topological polar surface area (TPSA) is 86.4 Å². The summed E-state index contributed by atoms with van der Waals surface area (Å²) in [5, 5.41) is 10.3. The number of hydrogen-bond acceptors (Lipinski definition) is 8. The van der Waals surface area contributed by atoms with E-state index >= 15 is 0 Å². The Morgan fingerprint density at radius 2 is 1.93 bits per heavy atom. The molecule has 0 radical (unpaired) electrons. The van der Waals surface area contributed by atoms with Crippen LogP contribution in [0, 0.1) is 22.6 Å². The highest BCUT2D eigenvalue weighted by Crippen LogP contribution is 2.54. The predicted octanol–water partition coefficient (Wildman–Crippen LogP) is 6.88. The van der Waals surface area contributed by atoms with Gasteiger partial charge >= 0.3 is 0 Å². The number of piperidine rings is 1. The molecule has 42 heavy (non-hydrogen) atoms. The molecule has 0 unspecified atom stereocenters. The first-order chi connectivity index (χ1) is 20.4. The maximum Gasteiger partial charge on any atom is 0.261 e. The molecule has 2 heterocycles. The summed E-state index contributed by atoms with van der Waals surface area (Å²) in [4.78, 5) is 20.9. The van der Waals surface area contributed by atoms with Gasteiger partial charge in [-0.1, -0.05) is 26.2 Å². The summed E-state index contributed by atoms with van der Waals surface area (Å²) in [5.74, 6) is -0.541. The molecule has 3 fully saturated rings. The standard InChI is InChI=1S/C32H39FN6O2S/c1-3-37(2)42-36-29-12-10-27(33)30(26(29)20-34)41-24-9-11-28-25(17-24)31(40)39(21-35-28)23-18-32(19-23)13-15-38(16-14-32)22-7-5-4-6-8-22/h9-12,17,21-23,36H,3-8,13-16,18-19H2,1-2H3. The van der Waals surface area contributed by atoms with Crippen molar-refractivity contribution >= 4 is 28.7 Å². The molecule has 3 aliphatic rings. The van der Waals surface area contributed by atoms with Crippen molar-refractivity contribution in [2.24, 2.45) is 5.41 Å². The number of rotatable bonds is 8. The van der Waals surface area contributed by atoms with E-state index in [0.29, 0.717) is 22.0 Å². The van der Waals surface area contributed by atoms with E-state index in [2.05, 4.69) is 20.7 Å². The van der Waals surface area contributed by atoms with Gasteiger partial charge in [-0.2, -0.15) is 5.26 Å². The molecule has 1 saturated heterocycles. The Morgan fingerprint density at radius 1 is 1.17 bits per heavy atom. The van der Waals surface area contributed by atoms with Gasteiger partial charge in [0.05, 0.1) is 22.9 Å². The Kier molecular flexibility index (Phi) is 8.44. The normalized spacial score (nSPS) is 19.6. The van der Waals surface area contributed by atoms with Gasteiger partial charge in [-0.3, -0.25) is 9.36 Å². The van der Waals surface area contributed by atoms with Crippen LogP contribution in [0.3, 0.4) is 0 Å². The van der Waals surface area contributed by atoms with Crippen molar-refractivity contribution in [3.63, 3.8) is 0 Å². The number of hydrogen-bond donors (Lipinski definition) is 1. The third-order valence-corrected chi connectivity index (χ3v) is 10.5. The molecular formula is C32H39FN6O2S. The smallest absolute Gasteiger partial charge is 0.261 e.